The fourth-order valence-electron chi connectivity index (χ4n) is 2.50. The number of rotatable bonds is 12. The summed E-state index contributed by atoms with van der Waals surface area (Å²) in [5, 5.41) is 0. The van der Waals surface area contributed by atoms with E-state index in [0.29, 0.717) is 13.2 Å². The van der Waals surface area contributed by atoms with Gasteiger partial charge in [-0.25, -0.2) is 9.59 Å². The Hall–Kier alpha value is -1.88. The zero-order valence-electron chi connectivity index (χ0n) is 16.5. The molecule has 0 spiro atoms. The molecule has 5 heteroatoms. The summed E-state index contributed by atoms with van der Waals surface area (Å²) in [5.41, 5.74) is 0.501. The van der Waals surface area contributed by atoms with Gasteiger partial charge in [0.15, 0.2) is 0 Å². The lowest BCUT2D eigenvalue weighted by Gasteiger charge is -2.20. The van der Waals surface area contributed by atoms with Crippen LogP contribution in [-0.2, 0) is 14.2 Å². The van der Waals surface area contributed by atoms with Crippen LogP contribution in [0.1, 0.15) is 73.6 Å². The Kier molecular flexibility index (Phi) is 10.6. The highest BCUT2D eigenvalue weighted by molar-refractivity contribution is 6.03. The van der Waals surface area contributed by atoms with Crippen LogP contribution in [0.4, 0.5) is 0 Å². The van der Waals surface area contributed by atoms with E-state index in [4.69, 9.17) is 14.2 Å². The number of hydrogen-bond acceptors (Lipinski definition) is 5. The molecule has 1 rings (SSSR count). The molecular weight excluding hydrogens is 332 g/mol. The number of unbranched alkanes of at least 4 members (excludes halogenated alkanes) is 3. The first kappa shape index (κ1) is 22.2. The maximum atomic E-state index is 12.5. The number of carbonyl (C=O) groups is 2. The third-order valence-electron chi connectivity index (χ3n) is 4.47. The lowest BCUT2D eigenvalue weighted by Crippen LogP contribution is -2.24. The number of carbonyl (C=O) groups excluding carboxylic acids is 2. The van der Waals surface area contributed by atoms with Crippen LogP contribution >= 0.6 is 0 Å². The van der Waals surface area contributed by atoms with Crippen LogP contribution in [0.25, 0.3) is 0 Å². The van der Waals surface area contributed by atoms with Gasteiger partial charge in [0.05, 0.1) is 17.7 Å². The quantitative estimate of drug-likeness (QED) is 0.399. The predicted molar refractivity (Wildman–Crippen MR) is 101 cm³/mol. The smallest absolute Gasteiger partial charge is 0.339 e. The van der Waals surface area contributed by atoms with Gasteiger partial charge in [-0.15, -0.1) is 0 Å². The van der Waals surface area contributed by atoms with Crippen molar-refractivity contribution >= 4 is 11.9 Å². The molecule has 2 unspecified atom stereocenters. The van der Waals surface area contributed by atoms with Crippen molar-refractivity contribution in [2.75, 3.05) is 20.3 Å². The molecule has 0 aliphatic carbocycles. The second kappa shape index (κ2) is 12.5. The minimum Gasteiger partial charge on any atom is -0.462 e. The summed E-state index contributed by atoms with van der Waals surface area (Å²) in [5.74, 6) is -0.814. The highest BCUT2D eigenvalue weighted by Gasteiger charge is 2.22. The first-order valence-corrected chi connectivity index (χ1v) is 9.47. The van der Waals surface area contributed by atoms with Crippen molar-refractivity contribution in [1.82, 2.24) is 0 Å². The zero-order valence-corrected chi connectivity index (χ0v) is 16.5. The van der Waals surface area contributed by atoms with Gasteiger partial charge in [0, 0.05) is 13.7 Å². The number of esters is 2. The van der Waals surface area contributed by atoms with Gasteiger partial charge in [0.25, 0.3) is 0 Å². The van der Waals surface area contributed by atoms with Crippen LogP contribution in [0.5, 0.6) is 0 Å². The van der Waals surface area contributed by atoms with Gasteiger partial charge in [-0.3, -0.25) is 0 Å². The molecule has 0 fully saturated rings. The lowest BCUT2D eigenvalue weighted by molar-refractivity contribution is 0.0168. The van der Waals surface area contributed by atoms with Crippen molar-refractivity contribution in [2.45, 2.75) is 59.0 Å². The van der Waals surface area contributed by atoms with Crippen LogP contribution in [0, 0.1) is 5.92 Å². The normalized spacial score (nSPS) is 13.1. The molecule has 0 saturated heterocycles. The Morgan fingerprint density at radius 3 is 2.23 bits per heavy atom. The van der Waals surface area contributed by atoms with E-state index in [-0.39, 0.29) is 23.1 Å². The first-order valence-electron chi connectivity index (χ1n) is 9.47. The third kappa shape index (κ3) is 7.56. The molecule has 0 bridgehead atoms. The van der Waals surface area contributed by atoms with Crippen molar-refractivity contribution in [3.05, 3.63) is 35.4 Å². The van der Waals surface area contributed by atoms with Gasteiger partial charge in [0.1, 0.15) is 6.10 Å². The minimum atomic E-state index is -0.500. The Morgan fingerprint density at radius 1 is 0.962 bits per heavy atom. The average Bonchev–Trinajstić information content (AvgIpc) is 2.65. The molecule has 0 aliphatic rings. The second-order valence-electron chi connectivity index (χ2n) is 6.61. The van der Waals surface area contributed by atoms with Gasteiger partial charge in [-0.05, 0) is 37.8 Å². The summed E-state index contributed by atoms with van der Waals surface area (Å²) in [4.78, 5) is 24.8. The number of hydrogen-bond donors (Lipinski definition) is 0. The highest BCUT2D eigenvalue weighted by atomic mass is 16.5. The van der Waals surface area contributed by atoms with Crippen LogP contribution < -0.4 is 0 Å². The summed E-state index contributed by atoms with van der Waals surface area (Å²) in [6.07, 6.45) is 4.65. The second-order valence-corrected chi connectivity index (χ2v) is 6.61. The van der Waals surface area contributed by atoms with Gasteiger partial charge in [-0.1, -0.05) is 45.2 Å². The van der Waals surface area contributed by atoms with E-state index in [0.717, 1.165) is 32.1 Å². The molecule has 0 aromatic heterocycles. The molecule has 26 heavy (non-hydrogen) atoms. The Bertz CT molecular complexity index is 555. The minimum absolute atomic E-state index is 0.163. The number of benzene rings is 1. The molecule has 1 aromatic carbocycles. The van der Waals surface area contributed by atoms with Gasteiger partial charge in [0.2, 0.25) is 0 Å². The third-order valence-corrected chi connectivity index (χ3v) is 4.47. The van der Waals surface area contributed by atoms with Crippen molar-refractivity contribution in [2.24, 2.45) is 5.92 Å². The fraction of sp³-hybridized carbons (Fsp3) is 0.619. The molecule has 5 nitrogen and oxygen atoms in total. The van der Waals surface area contributed by atoms with Gasteiger partial charge < -0.3 is 14.2 Å². The number of ether oxygens (including phenoxy) is 3. The lowest BCUT2D eigenvalue weighted by atomic mass is 10.0. The summed E-state index contributed by atoms with van der Waals surface area (Å²) in [6, 6.07) is 6.63. The van der Waals surface area contributed by atoms with Crippen molar-refractivity contribution in [3.8, 4) is 0 Å². The fourth-order valence-corrected chi connectivity index (χ4v) is 2.50. The molecule has 0 aliphatic heterocycles. The van der Waals surface area contributed by atoms with E-state index in [9.17, 15) is 9.59 Å². The van der Waals surface area contributed by atoms with Gasteiger partial charge in [-0.2, -0.15) is 0 Å². The maximum Gasteiger partial charge on any atom is 0.339 e. The van der Waals surface area contributed by atoms with Crippen molar-refractivity contribution in [3.63, 3.8) is 0 Å². The van der Waals surface area contributed by atoms with E-state index in [1.54, 1.807) is 31.4 Å². The summed E-state index contributed by atoms with van der Waals surface area (Å²) >= 11 is 0. The van der Waals surface area contributed by atoms with Gasteiger partial charge >= 0.3 is 11.9 Å². The van der Waals surface area contributed by atoms with E-state index in [1.807, 2.05) is 13.8 Å². The largest absolute Gasteiger partial charge is 0.462 e. The van der Waals surface area contributed by atoms with Crippen LogP contribution in [0.2, 0.25) is 0 Å². The molecule has 0 radical (unpaired) electrons. The van der Waals surface area contributed by atoms with Crippen molar-refractivity contribution < 1.29 is 23.8 Å². The van der Waals surface area contributed by atoms with E-state index < -0.39 is 11.9 Å². The molecule has 146 valence electrons. The van der Waals surface area contributed by atoms with E-state index >= 15 is 0 Å². The molecule has 0 heterocycles. The molecular formula is C21H32O5. The molecule has 2 atom stereocenters. The molecule has 0 saturated carbocycles. The Balaban J connectivity index is 2.66. The predicted octanol–water partition coefficient (Wildman–Crippen LogP) is 4.64. The van der Waals surface area contributed by atoms with Crippen molar-refractivity contribution in [1.29, 1.82) is 0 Å². The van der Waals surface area contributed by atoms with Crippen LogP contribution in [0.3, 0.4) is 0 Å². The summed E-state index contributed by atoms with van der Waals surface area (Å²) in [6.45, 7) is 6.97. The van der Waals surface area contributed by atoms with Crippen LogP contribution in [-0.4, -0.2) is 38.4 Å². The topological polar surface area (TPSA) is 61.8 Å². The Labute approximate surface area is 157 Å². The first-order chi connectivity index (χ1) is 12.5. The van der Waals surface area contributed by atoms with Crippen LogP contribution in [0.15, 0.2) is 24.3 Å². The average molecular weight is 364 g/mol. The van der Waals surface area contributed by atoms with E-state index in [2.05, 4.69) is 6.92 Å². The highest BCUT2D eigenvalue weighted by Crippen LogP contribution is 2.17. The zero-order chi connectivity index (χ0) is 19.4. The summed E-state index contributed by atoms with van der Waals surface area (Å²) < 4.78 is 15.9. The Morgan fingerprint density at radius 2 is 1.62 bits per heavy atom. The van der Waals surface area contributed by atoms with E-state index in [1.165, 1.54) is 0 Å². The molecule has 0 N–H and O–H groups in total. The maximum absolute atomic E-state index is 12.5. The number of methoxy groups -OCH3 is 1. The standard InChI is InChI=1S/C21H32O5/c1-5-6-7-10-14-25-20(22)18-11-8-9-12-19(18)21(23)26-17(3)16(2)13-15-24-4/h8-9,11-12,16-17H,5-7,10,13-15H2,1-4H3. The molecule has 1 aromatic rings. The molecule has 0 amide bonds. The summed E-state index contributed by atoms with van der Waals surface area (Å²) in [7, 11) is 1.65. The monoisotopic (exact) mass is 364 g/mol. The SMILES string of the molecule is CCCCCCOC(=O)c1ccccc1C(=O)OC(C)C(C)CCOC.